The van der Waals surface area contributed by atoms with Gasteiger partial charge in [-0.15, -0.1) is 0 Å². The standard InChI is InChI=1S/C18H16ClFN4O3/c1-9-6-13(17(25)26-2)22-18(21-9)24-7-10-14(8-24)27-23-16(10)15-11(19)4-3-5-12(15)20/h3-6,10,14H,7-8H2,1-2H3. The van der Waals surface area contributed by atoms with Gasteiger partial charge in [-0.2, -0.15) is 0 Å². The number of methoxy groups -OCH3 is 1. The molecule has 0 aliphatic carbocycles. The second-order valence-electron chi connectivity index (χ2n) is 6.41. The maximum absolute atomic E-state index is 14.3. The minimum absolute atomic E-state index is 0.176. The number of esters is 1. The average Bonchev–Trinajstić information content (AvgIpc) is 3.22. The Morgan fingerprint density at radius 2 is 2.19 bits per heavy atom. The third-order valence-corrected chi connectivity index (χ3v) is 4.96. The van der Waals surface area contributed by atoms with Gasteiger partial charge < -0.3 is 14.5 Å². The van der Waals surface area contributed by atoms with Crippen molar-refractivity contribution in [2.45, 2.75) is 13.0 Å². The van der Waals surface area contributed by atoms with Crippen molar-refractivity contribution < 1.29 is 18.8 Å². The number of aryl methyl sites for hydroxylation is 1. The van der Waals surface area contributed by atoms with Gasteiger partial charge in [0.05, 0.1) is 30.2 Å². The van der Waals surface area contributed by atoms with Gasteiger partial charge in [-0.3, -0.25) is 0 Å². The Morgan fingerprint density at radius 1 is 1.37 bits per heavy atom. The summed E-state index contributed by atoms with van der Waals surface area (Å²) in [5, 5.41) is 4.36. The number of benzene rings is 1. The van der Waals surface area contributed by atoms with Gasteiger partial charge in [-0.25, -0.2) is 19.2 Å². The topological polar surface area (TPSA) is 76.9 Å². The van der Waals surface area contributed by atoms with Crippen LogP contribution < -0.4 is 4.90 Å². The molecule has 2 aliphatic heterocycles. The third-order valence-electron chi connectivity index (χ3n) is 4.64. The monoisotopic (exact) mass is 390 g/mol. The largest absolute Gasteiger partial charge is 0.464 e. The van der Waals surface area contributed by atoms with Crippen molar-refractivity contribution in [2.24, 2.45) is 11.1 Å². The van der Waals surface area contributed by atoms with Gasteiger partial charge in [0.25, 0.3) is 0 Å². The van der Waals surface area contributed by atoms with Crippen LogP contribution in [0.25, 0.3) is 0 Å². The van der Waals surface area contributed by atoms with Crippen molar-refractivity contribution >= 4 is 29.2 Å². The third kappa shape index (κ3) is 3.10. The van der Waals surface area contributed by atoms with Crippen molar-refractivity contribution in [3.8, 4) is 0 Å². The summed E-state index contributed by atoms with van der Waals surface area (Å²) in [4.78, 5) is 27.9. The van der Waals surface area contributed by atoms with Crippen LogP contribution in [0.15, 0.2) is 29.4 Å². The Bertz CT molecular complexity index is 932. The van der Waals surface area contributed by atoms with Gasteiger partial charge in [0.15, 0.2) is 11.8 Å². The maximum Gasteiger partial charge on any atom is 0.356 e. The zero-order valence-corrected chi connectivity index (χ0v) is 15.4. The molecule has 0 N–H and O–H groups in total. The molecule has 0 amide bonds. The number of ether oxygens (including phenoxy) is 1. The molecule has 1 aromatic carbocycles. The van der Waals surface area contributed by atoms with E-state index in [0.717, 1.165) is 0 Å². The van der Waals surface area contributed by atoms with Crippen LogP contribution in [-0.2, 0) is 9.57 Å². The number of aromatic nitrogens is 2. The lowest BCUT2D eigenvalue weighted by atomic mass is 9.94. The zero-order chi connectivity index (χ0) is 19.1. The number of hydrogen-bond donors (Lipinski definition) is 0. The molecule has 4 rings (SSSR count). The number of carbonyl (C=O) groups excluding carboxylic acids is 1. The van der Waals surface area contributed by atoms with Crippen LogP contribution in [0.4, 0.5) is 10.3 Å². The molecular weight excluding hydrogens is 375 g/mol. The van der Waals surface area contributed by atoms with E-state index in [2.05, 4.69) is 15.1 Å². The summed E-state index contributed by atoms with van der Waals surface area (Å²) in [6.07, 6.45) is -0.263. The quantitative estimate of drug-likeness (QED) is 0.750. The van der Waals surface area contributed by atoms with Crippen LogP contribution in [0.3, 0.4) is 0 Å². The first-order valence-corrected chi connectivity index (χ1v) is 8.72. The maximum atomic E-state index is 14.3. The van der Waals surface area contributed by atoms with Crippen LogP contribution in [0.5, 0.6) is 0 Å². The molecule has 0 radical (unpaired) electrons. The Kier molecular flexibility index (Phi) is 4.43. The number of carbonyl (C=O) groups is 1. The minimum Gasteiger partial charge on any atom is -0.464 e. The molecule has 9 heteroatoms. The molecule has 3 heterocycles. The van der Waals surface area contributed by atoms with Gasteiger partial charge in [-0.1, -0.05) is 22.8 Å². The highest BCUT2D eigenvalue weighted by Gasteiger charge is 2.45. The molecule has 27 heavy (non-hydrogen) atoms. The Balaban J connectivity index is 1.62. The summed E-state index contributed by atoms with van der Waals surface area (Å²) in [5.41, 5.74) is 1.56. The fraction of sp³-hybridized carbons (Fsp3) is 0.333. The van der Waals surface area contributed by atoms with Crippen LogP contribution in [0.1, 0.15) is 21.7 Å². The van der Waals surface area contributed by atoms with E-state index in [9.17, 15) is 9.18 Å². The smallest absolute Gasteiger partial charge is 0.356 e. The van der Waals surface area contributed by atoms with Crippen LogP contribution >= 0.6 is 11.6 Å². The highest BCUT2D eigenvalue weighted by Crippen LogP contribution is 2.34. The molecule has 7 nitrogen and oxygen atoms in total. The minimum atomic E-state index is -0.530. The number of rotatable bonds is 3. The number of anilines is 1. The lowest BCUT2D eigenvalue weighted by Gasteiger charge is -2.18. The summed E-state index contributed by atoms with van der Waals surface area (Å²) >= 11 is 6.18. The molecule has 2 atom stereocenters. The molecule has 140 valence electrons. The molecular formula is C18H16ClFN4O3. The van der Waals surface area contributed by atoms with Crippen molar-refractivity contribution in [3.63, 3.8) is 0 Å². The number of nitrogens with zero attached hydrogens (tertiary/aromatic N) is 4. The molecule has 0 bridgehead atoms. The van der Waals surface area contributed by atoms with Gasteiger partial charge in [0, 0.05) is 12.2 Å². The lowest BCUT2D eigenvalue weighted by molar-refractivity contribution is 0.0593. The summed E-state index contributed by atoms with van der Waals surface area (Å²) in [6.45, 7) is 2.71. The average molecular weight is 391 g/mol. The fourth-order valence-corrected chi connectivity index (χ4v) is 3.64. The Morgan fingerprint density at radius 3 is 2.93 bits per heavy atom. The van der Waals surface area contributed by atoms with Gasteiger partial charge >= 0.3 is 5.97 Å². The highest BCUT2D eigenvalue weighted by atomic mass is 35.5. The van der Waals surface area contributed by atoms with E-state index in [1.807, 2.05) is 4.90 Å². The molecule has 1 saturated heterocycles. The van der Waals surface area contributed by atoms with E-state index in [1.54, 1.807) is 25.1 Å². The van der Waals surface area contributed by atoms with Crippen molar-refractivity contribution in [1.29, 1.82) is 0 Å². The summed E-state index contributed by atoms with van der Waals surface area (Å²) in [7, 11) is 1.30. The molecule has 1 fully saturated rings. The van der Waals surface area contributed by atoms with Crippen molar-refractivity contribution in [2.75, 3.05) is 25.1 Å². The zero-order valence-electron chi connectivity index (χ0n) is 14.6. The lowest BCUT2D eigenvalue weighted by Crippen LogP contribution is -2.26. The van der Waals surface area contributed by atoms with Crippen LogP contribution in [0, 0.1) is 18.7 Å². The molecule has 0 spiro atoms. The fourth-order valence-electron chi connectivity index (χ4n) is 3.38. The van der Waals surface area contributed by atoms with Crippen LogP contribution in [-0.4, -0.2) is 48.0 Å². The van der Waals surface area contributed by atoms with E-state index in [-0.39, 0.29) is 28.3 Å². The predicted molar refractivity (Wildman–Crippen MR) is 96.6 cm³/mol. The Labute approximate surface area is 159 Å². The second kappa shape index (κ2) is 6.77. The van der Waals surface area contributed by atoms with Gasteiger partial charge in [0.1, 0.15) is 11.5 Å². The van der Waals surface area contributed by atoms with E-state index in [4.69, 9.17) is 21.2 Å². The Hall–Kier alpha value is -2.74. The summed E-state index contributed by atoms with van der Waals surface area (Å²) in [6, 6.07) is 6.07. The van der Waals surface area contributed by atoms with E-state index in [0.29, 0.717) is 30.4 Å². The van der Waals surface area contributed by atoms with Crippen molar-refractivity contribution in [3.05, 3.63) is 52.1 Å². The van der Waals surface area contributed by atoms with E-state index in [1.165, 1.54) is 13.2 Å². The number of halogens is 2. The normalized spacial score (nSPS) is 20.9. The molecule has 2 unspecified atom stereocenters. The number of hydrogen-bond acceptors (Lipinski definition) is 7. The first-order chi connectivity index (χ1) is 13.0. The molecule has 0 saturated carbocycles. The SMILES string of the molecule is COC(=O)c1cc(C)nc(N2CC3ON=C(c4c(F)cccc4Cl)C3C2)n1. The highest BCUT2D eigenvalue weighted by molar-refractivity contribution is 6.34. The molecule has 1 aromatic heterocycles. The summed E-state index contributed by atoms with van der Waals surface area (Å²) < 4.78 is 19.0. The van der Waals surface area contributed by atoms with Gasteiger partial charge in [0.2, 0.25) is 5.95 Å². The van der Waals surface area contributed by atoms with E-state index < -0.39 is 11.8 Å². The molecule has 2 aromatic rings. The molecule has 2 aliphatic rings. The van der Waals surface area contributed by atoms with Crippen LogP contribution in [0.2, 0.25) is 5.02 Å². The second-order valence-corrected chi connectivity index (χ2v) is 6.82. The number of fused-ring (bicyclic) bond motifs is 1. The van der Waals surface area contributed by atoms with Crippen molar-refractivity contribution in [1.82, 2.24) is 9.97 Å². The first kappa shape index (κ1) is 17.7. The predicted octanol–water partition coefficient (Wildman–Crippen LogP) is 2.60. The number of oxime groups is 1. The first-order valence-electron chi connectivity index (χ1n) is 8.35. The summed E-state index contributed by atoms with van der Waals surface area (Å²) in [5.74, 6) is -0.751. The van der Waals surface area contributed by atoms with Gasteiger partial charge in [-0.05, 0) is 25.1 Å². The van der Waals surface area contributed by atoms with E-state index >= 15 is 0 Å².